The molecule has 2 fully saturated rings. The van der Waals surface area contributed by atoms with E-state index >= 15 is 0 Å². The molecule has 4 nitrogen and oxygen atoms in total. The molecule has 2 aliphatic rings. The Hall–Kier alpha value is -0.900. The van der Waals surface area contributed by atoms with E-state index in [2.05, 4.69) is 0 Å². The van der Waals surface area contributed by atoms with Crippen LogP contribution in [0.4, 0.5) is 0 Å². The maximum atomic E-state index is 12.3. The Morgan fingerprint density at radius 2 is 1.72 bits per heavy atom. The quantitative estimate of drug-likeness (QED) is 0.580. The van der Waals surface area contributed by atoms with Gasteiger partial charge in [0.25, 0.3) is 0 Å². The van der Waals surface area contributed by atoms with Gasteiger partial charge in [0.15, 0.2) is 0 Å². The first-order valence-electron chi connectivity index (χ1n) is 7.15. The summed E-state index contributed by atoms with van der Waals surface area (Å²) >= 11 is 0. The molecule has 1 aliphatic heterocycles. The topological polar surface area (TPSA) is 57.6 Å². The monoisotopic (exact) mass is 253 g/mol. The zero-order valence-electron chi connectivity index (χ0n) is 11.0. The number of aliphatic hydroxyl groups excluding tert-OH is 1. The lowest BCUT2D eigenvalue weighted by molar-refractivity contribution is -0.141. The highest BCUT2D eigenvalue weighted by Crippen LogP contribution is 2.46. The number of aliphatic hydroxyl groups is 1. The number of hydrogen-bond acceptors (Lipinski definition) is 3. The van der Waals surface area contributed by atoms with Crippen molar-refractivity contribution in [2.45, 2.75) is 57.8 Å². The number of carbonyl (C=O) groups excluding carboxylic acids is 2. The van der Waals surface area contributed by atoms with Crippen LogP contribution >= 0.6 is 0 Å². The molecule has 4 heteroatoms. The zero-order chi connectivity index (χ0) is 13.0. The molecule has 0 unspecified atom stereocenters. The summed E-state index contributed by atoms with van der Waals surface area (Å²) in [6, 6.07) is 0. The zero-order valence-corrected chi connectivity index (χ0v) is 11.0. The van der Waals surface area contributed by atoms with Crippen LogP contribution in [0.1, 0.15) is 57.8 Å². The molecule has 0 aromatic heterocycles. The lowest BCUT2D eigenvalue weighted by Crippen LogP contribution is -2.35. The van der Waals surface area contributed by atoms with Crippen molar-refractivity contribution in [1.29, 1.82) is 0 Å². The SMILES string of the molecule is O=C1CC2(CCCC2)C(=O)N1CCCCCCO. The van der Waals surface area contributed by atoms with Gasteiger partial charge < -0.3 is 5.11 Å². The molecule has 1 saturated carbocycles. The van der Waals surface area contributed by atoms with Gasteiger partial charge in [0, 0.05) is 19.6 Å². The maximum Gasteiger partial charge on any atom is 0.235 e. The van der Waals surface area contributed by atoms with E-state index < -0.39 is 0 Å². The van der Waals surface area contributed by atoms with Crippen molar-refractivity contribution in [3.63, 3.8) is 0 Å². The van der Waals surface area contributed by atoms with E-state index in [4.69, 9.17) is 5.11 Å². The number of imide groups is 1. The minimum absolute atomic E-state index is 0.0315. The van der Waals surface area contributed by atoms with Crippen molar-refractivity contribution in [1.82, 2.24) is 4.90 Å². The highest BCUT2D eigenvalue weighted by Gasteiger charge is 2.52. The molecule has 0 bridgehead atoms. The highest BCUT2D eigenvalue weighted by atomic mass is 16.3. The second kappa shape index (κ2) is 5.83. The van der Waals surface area contributed by atoms with Crippen LogP contribution in [0.25, 0.3) is 0 Å². The van der Waals surface area contributed by atoms with Crippen molar-refractivity contribution in [3.05, 3.63) is 0 Å². The summed E-state index contributed by atoms with van der Waals surface area (Å²) in [5.74, 6) is 0.121. The second-order valence-electron chi connectivity index (χ2n) is 5.65. The Balaban J connectivity index is 1.82. The van der Waals surface area contributed by atoms with Gasteiger partial charge in [0.05, 0.1) is 5.41 Å². The molecule has 1 heterocycles. The third-order valence-corrected chi connectivity index (χ3v) is 4.34. The summed E-state index contributed by atoms with van der Waals surface area (Å²) in [5.41, 5.74) is -0.317. The summed E-state index contributed by atoms with van der Waals surface area (Å²) in [6.07, 6.45) is 8.05. The molecule has 0 radical (unpaired) electrons. The van der Waals surface area contributed by atoms with Crippen LogP contribution in [0.5, 0.6) is 0 Å². The van der Waals surface area contributed by atoms with Gasteiger partial charge in [0.2, 0.25) is 11.8 Å². The van der Waals surface area contributed by atoms with E-state index in [1.165, 1.54) is 4.90 Å². The van der Waals surface area contributed by atoms with Gasteiger partial charge in [-0.1, -0.05) is 25.7 Å². The summed E-state index contributed by atoms with van der Waals surface area (Å²) in [5, 5.41) is 8.68. The van der Waals surface area contributed by atoms with Gasteiger partial charge in [-0.25, -0.2) is 0 Å². The lowest BCUT2D eigenvalue weighted by atomic mass is 9.84. The standard InChI is InChI=1S/C14H23NO3/c16-10-6-2-1-5-9-15-12(17)11-14(13(15)18)7-3-4-8-14/h16H,1-11H2. The number of hydrogen-bond donors (Lipinski definition) is 1. The van der Waals surface area contributed by atoms with E-state index in [-0.39, 0.29) is 23.8 Å². The minimum atomic E-state index is -0.317. The number of amides is 2. The fourth-order valence-corrected chi connectivity index (χ4v) is 3.26. The molecule has 0 aromatic rings. The summed E-state index contributed by atoms with van der Waals surface area (Å²) in [7, 11) is 0. The van der Waals surface area contributed by atoms with Crippen LogP contribution in [-0.4, -0.2) is 35.0 Å². The Bertz CT molecular complexity index is 321. The Morgan fingerprint density at radius 1 is 1.06 bits per heavy atom. The molecule has 0 atom stereocenters. The number of nitrogens with zero attached hydrogens (tertiary/aromatic N) is 1. The molecular formula is C14H23NO3. The number of carbonyl (C=O) groups is 2. The largest absolute Gasteiger partial charge is 0.396 e. The first-order chi connectivity index (χ1) is 8.69. The molecule has 0 aromatic carbocycles. The smallest absolute Gasteiger partial charge is 0.235 e. The maximum absolute atomic E-state index is 12.3. The van der Waals surface area contributed by atoms with E-state index in [9.17, 15) is 9.59 Å². The van der Waals surface area contributed by atoms with Gasteiger partial charge >= 0.3 is 0 Å². The van der Waals surface area contributed by atoms with Crippen LogP contribution < -0.4 is 0 Å². The van der Waals surface area contributed by atoms with Crippen LogP contribution in [0.3, 0.4) is 0 Å². The Labute approximate surface area is 108 Å². The summed E-state index contributed by atoms with van der Waals surface area (Å²) < 4.78 is 0. The number of likely N-dealkylation sites (tertiary alicyclic amines) is 1. The van der Waals surface area contributed by atoms with Crippen molar-refractivity contribution < 1.29 is 14.7 Å². The first kappa shape index (κ1) is 13.5. The van der Waals surface area contributed by atoms with Crippen molar-refractivity contribution in [3.8, 4) is 0 Å². The first-order valence-corrected chi connectivity index (χ1v) is 7.15. The molecule has 102 valence electrons. The average Bonchev–Trinajstić information content (AvgIpc) is 2.90. The molecular weight excluding hydrogens is 230 g/mol. The van der Waals surface area contributed by atoms with Crippen LogP contribution in [0.15, 0.2) is 0 Å². The fraction of sp³-hybridized carbons (Fsp3) is 0.857. The predicted molar refractivity (Wildman–Crippen MR) is 67.8 cm³/mol. The fourth-order valence-electron chi connectivity index (χ4n) is 3.26. The van der Waals surface area contributed by atoms with Crippen LogP contribution in [-0.2, 0) is 9.59 Å². The van der Waals surface area contributed by atoms with E-state index in [1.807, 2.05) is 0 Å². The predicted octanol–water partition coefficient (Wildman–Crippen LogP) is 1.86. The highest BCUT2D eigenvalue weighted by molar-refractivity contribution is 6.06. The van der Waals surface area contributed by atoms with Crippen LogP contribution in [0, 0.1) is 5.41 Å². The number of unbranched alkanes of at least 4 members (excludes halogenated alkanes) is 3. The minimum Gasteiger partial charge on any atom is -0.396 e. The van der Waals surface area contributed by atoms with Crippen molar-refractivity contribution in [2.24, 2.45) is 5.41 Å². The van der Waals surface area contributed by atoms with Gasteiger partial charge in [0.1, 0.15) is 0 Å². The van der Waals surface area contributed by atoms with Gasteiger partial charge in [-0.3, -0.25) is 14.5 Å². The van der Waals surface area contributed by atoms with E-state index in [0.717, 1.165) is 51.4 Å². The molecule has 1 N–H and O–H groups in total. The molecule has 1 aliphatic carbocycles. The molecule has 2 amide bonds. The average molecular weight is 253 g/mol. The van der Waals surface area contributed by atoms with E-state index in [1.54, 1.807) is 0 Å². The van der Waals surface area contributed by atoms with Gasteiger partial charge in [-0.15, -0.1) is 0 Å². The second-order valence-corrected chi connectivity index (χ2v) is 5.65. The third-order valence-electron chi connectivity index (χ3n) is 4.34. The van der Waals surface area contributed by atoms with Crippen molar-refractivity contribution >= 4 is 11.8 Å². The summed E-state index contributed by atoms with van der Waals surface area (Å²) in [6.45, 7) is 0.801. The Kier molecular flexibility index (Phi) is 4.38. The number of rotatable bonds is 6. The normalized spacial score (nSPS) is 22.4. The van der Waals surface area contributed by atoms with Gasteiger partial charge in [-0.2, -0.15) is 0 Å². The molecule has 1 saturated heterocycles. The lowest BCUT2D eigenvalue weighted by Gasteiger charge is -2.20. The molecule has 2 rings (SSSR count). The van der Waals surface area contributed by atoms with Crippen LogP contribution in [0.2, 0.25) is 0 Å². The van der Waals surface area contributed by atoms with Crippen molar-refractivity contribution in [2.75, 3.05) is 13.2 Å². The molecule has 1 spiro atoms. The Morgan fingerprint density at radius 3 is 2.39 bits per heavy atom. The van der Waals surface area contributed by atoms with E-state index in [0.29, 0.717) is 13.0 Å². The molecule has 18 heavy (non-hydrogen) atoms. The van der Waals surface area contributed by atoms with Gasteiger partial charge in [-0.05, 0) is 25.7 Å². The summed E-state index contributed by atoms with van der Waals surface area (Å²) in [4.78, 5) is 25.7. The third kappa shape index (κ3) is 2.58.